The second-order valence-electron chi connectivity index (χ2n) is 5.60. The SMILES string of the molecule is NC(O)[C@@H]1C=CC(C2=CCCC3C=CC=CC23)=CC1. The van der Waals surface area contributed by atoms with Crippen molar-refractivity contribution < 1.29 is 5.11 Å². The first kappa shape index (κ1) is 12.6. The van der Waals surface area contributed by atoms with Crippen LogP contribution < -0.4 is 5.73 Å². The Hall–Kier alpha value is -1.38. The number of hydrogen-bond donors (Lipinski definition) is 2. The second kappa shape index (κ2) is 5.32. The largest absolute Gasteiger partial charge is 0.378 e. The molecule has 0 spiro atoms. The number of nitrogens with two attached hydrogens (primary N) is 1. The average Bonchev–Trinajstić information content (AvgIpc) is 2.47. The highest BCUT2D eigenvalue weighted by atomic mass is 16.3. The van der Waals surface area contributed by atoms with Gasteiger partial charge in [-0.2, -0.15) is 0 Å². The van der Waals surface area contributed by atoms with Crippen molar-refractivity contribution in [2.45, 2.75) is 25.5 Å². The van der Waals surface area contributed by atoms with E-state index in [0.29, 0.717) is 11.8 Å². The topological polar surface area (TPSA) is 46.2 Å². The van der Waals surface area contributed by atoms with Gasteiger partial charge in [0.15, 0.2) is 0 Å². The van der Waals surface area contributed by atoms with E-state index < -0.39 is 6.23 Å². The van der Waals surface area contributed by atoms with E-state index in [4.69, 9.17) is 5.73 Å². The van der Waals surface area contributed by atoms with Crippen molar-refractivity contribution >= 4 is 0 Å². The summed E-state index contributed by atoms with van der Waals surface area (Å²) in [5, 5.41) is 9.42. The molecule has 0 radical (unpaired) electrons. The maximum Gasteiger partial charge on any atom is 0.109 e. The Morgan fingerprint density at radius 3 is 2.74 bits per heavy atom. The fraction of sp³-hybridized carbons (Fsp3) is 0.412. The minimum Gasteiger partial charge on any atom is -0.378 e. The molecule has 3 rings (SSSR count). The van der Waals surface area contributed by atoms with Gasteiger partial charge in [-0.1, -0.05) is 48.6 Å². The minimum absolute atomic E-state index is 0.0607. The van der Waals surface area contributed by atoms with Crippen molar-refractivity contribution in [3.05, 3.63) is 59.8 Å². The lowest BCUT2D eigenvalue weighted by molar-refractivity contribution is 0.137. The van der Waals surface area contributed by atoms with Crippen LogP contribution >= 0.6 is 0 Å². The zero-order valence-electron chi connectivity index (χ0n) is 11.1. The van der Waals surface area contributed by atoms with Crippen LogP contribution in [0.25, 0.3) is 0 Å². The minimum atomic E-state index is -0.750. The average molecular weight is 255 g/mol. The maximum absolute atomic E-state index is 9.42. The molecule has 0 fully saturated rings. The van der Waals surface area contributed by atoms with E-state index >= 15 is 0 Å². The molecule has 0 aromatic carbocycles. The van der Waals surface area contributed by atoms with Gasteiger partial charge in [0, 0.05) is 11.8 Å². The lowest BCUT2D eigenvalue weighted by Gasteiger charge is -2.32. The Morgan fingerprint density at radius 1 is 1.16 bits per heavy atom. The fourth-order valence-electron chi connectivity index (χ4n) is 3.25. The second-order valence-corrected chi connectivity index (χ2v) is 5.60. The molecule has 0 aliphatic heterocycles. The summed E-state index contributed by atoms with van der Waals surface area (Å²) in [5.41, 5.74) is 8.29. The van der Waals surface area contributed by atoms with Crippen LogP contribution in [-0.4, -0.2) is 11.3 Å². The van der Waals surface area contributed by atoms with Crippen molar-refractivity contribution in [2.24, 2.45) is 23.5 Å². The molecule has 19 heavy (non-hydrogen) atoms. The van der Waals surface area contributed by atoms with Gasteiger partial charge >= 0.3 is 0 Å². The maximum atomic E-state index is 9.42. The van der Waals surface area contributed by atoms with Crippen LogP contribution in [0, 0.1) is 17.8 Å². The molecule has 0 bridgehead atoms. The molecule has 2 heteroatoms. The highest BCUT2D eigenvalue weighted by molar-refractivity contribution is 5.47. The molecule has 0 saturated carbocycles. The van der Waals surface area contributed by atoms with Crippen molar-refractivity contribution in [2.75, 3.05) is 0 Å². The van der Waals surface area contributed by atoms with E-state index in [1.165, 1.54) is 17.6 Å². The molecule has 4 atom stereocenters. The Morgan fingerprint density at radius 2 is 2.00 bits per heavy atom. The van der Waals surface area contributed by atoms with Crippen molar-refractivity contribution in [1.29, 1.82) is 0 Å². The molecule has 3 N–H and O–H groups in total. The number of allylic oxidation sites excluding steroid dienone is 9. The summed E-state index contributed by atoms with van der Waals surface area (Å²) < 4.78 is 0. The van der Waals surface area contributed by atoms with E-state index in [1.807, 2.05) is 6.08 Å². The van der Waals surface area contributed by atoms with Crippen molar-refractivity contribution in [3.63, 3.8) is 0 Å². The molecule has 0 aromatic heterocycles. The van der Waals surface area contributed by atoms with Gasteiger partial charge in [0.25, 0.3) is 0 Å². The van der Waals surface area contributed by atoms with Crippen molar-refractivity contribution in [3.8, 4) is 0 Å². The zero-order chi connectivity index (χ0) is 13.2. The number of aliphatic hydroxyl groups excluding tert-OH is 1. The Balaban J connectivity index is 1.80. The van der Waals surface area contributed by atoms with Crippen LogP contribution in [0.2, 0.25) is 0 Å². The summed E-state index contributed by atoms with van der Waals surface area (Å²) in [6.07, 6.45) is 20.2. The lowest BCUT2D eigenvalue weighted by Crippen LogP contribution is -2.29. The Labute approximate surface area is 114 Å². The summed E-state index contributed by atoms with van der Waals surface area (Å²) in [6.45, 7) is 0. The van der Waals surface area contributed by atoms with Crippen LogP contribution in [0.1, 0.15) is 19.3 Å². The van der Waals surface area contributed by atoms with E-state index in [0.717, 1.165) is 12.8 Å². The monoisotopic (exact) mass is 255 g/mol. The lowest BCUT2D eigenvalue weighted by atomic mass is 9.73. The number of fused-ring (bicyclic) bond motifs is 1. The highest BCUT2D eigenvalue weighted by Gasteiger charge is 2.27. The summed E-state index contributed by atoms with van der Waals surface area (Å²) in [6, 6.07) is 0. The van der Waals surface area contributed by atoms with Crippen molar-refractivity contribution in [1.82, 2.24) is 0 Å². The van der Waals surface area contributed by atoms with Gasteiger partial charge in [0.2, 0.25) is 0 Å². The smallest absolute Gasteiger partial charge is 0.109 e. The summed E-state index contributed by atoms with van der Waals surface area (Å²) in [5.74, 6) is 1.23. The predicted molar refractivity (Wildman–Crippen MR) is 78.1 cm³/mol. The van der Waals surface area contributed by atoms with Gasteiger partial charge in [-0.15, -0.1) is 0 Å². The van der Waals surface area contributed by atoms with Gasteiger partial charge in [-0.25, -0.2) is 0 Å². The first-order valence-corrected chi connectivity index (χ1v) is 7.13. The third-order valence-electron chi connectivity index (χ3n) is 4.38. The molecule has 0 amide bonds. The standard InChI is InChI=1S/C17H21NO/c18-17(19)14-10-8-13(9-11-14)16-7-3-5-12-4-1-2-6-15(12)16/h1-2,4,6-10,12,14-15,17,19H,3,5,11,18H2/t12?,14-,15?,17?/m1/s1. The molecule has 3 aliphatic carbocycles. The van der Waals surface area contributed by atoms with Gasteiger partial charge in [0.1, 0.15) is 6.23 Å². The molecular formula is C17H21NO. The third kappa shape index (κ3) is 2.51. The third-order valence-corrected chi connectivity index (χ3v) is 4.38. The van der Waals surface area contributed by atoms with E-state index in [2.05, 4.69) is 42.5 Å². The van der Waals surface area contributed by atoms with E-state index in [1.54, 1.807) is 0 Å². The summed E-state index contributed by atoms with van der Waals surface area (Å²) in [4.78, 5) is 0. The van der Waals surface area contributed by atoms with Gasteiger partial charge in [-0.05, 0) is 36.3 Å². The number of hydrogen-bond acceptors (Lipinski definition) is 2. The summed E-state index contributed by atoms with van der Waals surface area (Å²) >= 11 is 0. The normalized spacial score (nSPS) is 34.5. The molecule has 0 heterocycles. The van der Waals surface area contributed by atoms with Crippen LogP contribution in [0.4, 0.5) is 0 Å². The van der Waals surface area contributed by atoms with Gasteiger partial charge in [-0.3, -0.25) is 0 Å². The summed E-state index contributed by atoms with van der Waals surface area (Å²) in [7, 11) is 0. The fourth-order valence-corrected chi connectivity index (χ4v) is 3.25. The van der Waals surface area contributed by atoms with E-state index in [9.17, 15) is 5.11 Å². The molecule has 3 aliphatic rings. The molecule has 3 unspecified atom stereocenters. The molecular weight excluding hydrogens is 234 g/mol. The first-order valence-electron chi connectivity index (χ1n) is 7.13. The van der Waals surface area contributed by atoms with E-state index in [-0.39, 0.29) is 5.92 Å². The van der Waals surface area contributed by atoms with Crippen LogP contribution in [0.15, 0.2) is 59.8 Å². The van der Waals surface area contributed by atoms with Crippen LogP contribution in [0.3, 0.4) is 0 Å². The highest BCUT2D eigenvalue weighted by Crippen LogP contribution is 2.39. The zero-order valence-corrected chi connectivity index (χ0v) is 11.1. The van der Waals surface area contributed by atoms with Crippen LogP contribution in [0.5, 0.6) is 0 Å². The quantitative estimate of drug-likeness (QED) is 0.745. The predicted octanol–water partition coefficient (Wildman–Crippen LogP) is 2.84. The molecule has 100 valence electrons. The Kier molecular flexibility index (Phi) is 3.54. The number of aliphatic hydroxyl groups is 1. The Bertz CT molecular complexity index is 493. The molecule has 2 nitrogen and oxygen atoms in total. The first-order chi connectivity index (χ1) is 9.25. The number of rotatable bonds is 2. The molecule has 0 saturated heterocycles. The van der Waals surface area contributed by atoms with Crippen LogP contribution in [-0.2, 0) is 0 Å². The molecule has 0 aromatic rings. The van der Waals surface area contributed by atoms with Gasteiger partial charge < -0.3 is 10.8 Å². The van der Waals surface area contributed by atoms with Gasteiger partial charge in [0.05, 0.1) is 0 Å².